The predicted octanol–water partition coefficient (Wildman–Crippen LogP) is 0.500. The number of hydrogen-bond acceptors (Lipinski definition) is 6. The molecule has 2 aliphatic heterocycles. The van der Waals surface area contributed by atoms with Crippen molar-refractivity contribution in [1.29, 1.82) is 0 Å². The molecule has 3 rings (SSSR count). The van der Waals surface area contributed by atoms with Gasteiger partial charge in [0.05, 0.1) is 19.1 Å². The lowest BCUT2D eigenvalue weighted by molar-refractivity contribution is -0.152. The molecule has 2 saturated heterocycles. The predicted molar refractivity (Wildman–Crippen MR) is 110 cm³/mol. The van der Waals surface area contributed by atoms with Crippen LogP contribution in [0.25, 0.3) is 0 Å². The Hall–Kier alpha value is -2.65. The molecule has 1 N–H and O–H groups in total. The van der Waals surface area contributed by atoms with Gasteiger partial charge in [-0.3, -0.25) is 19.2 Å². The van der Waals surface area contributed by atoms with Gasteiger partial charge >= 0.3 is 12.0 Å². The Morgan fingerprint density at radius 3 is 2.55 bits per heavy atom. The van der Waals surface area contributed by atoms with Gasteiger partial charge in [0.25, 0.3) is 5.91 Å². The second-order valence-corrected chi connectivity index (χ2v) is 8.70. The van der Waals surface area contributed by atoms with E-state index in [1.807, 2.05) is 0 Å². The lowest BCUT2D eigenvalue weighted by atomic mass is 9.97. The highest BCUT2D eigenvalue weighted by molar-refractivity contribution is 6.10. The maximum atomic E-state index is 12.9. The van der Waals surface area contributed by atoms with Crippen molar-refractivity contribution in [3.05, 3.63) is 0 Å². The number of likely N-dealkylation sites (N-methyl/N-ethyl adjacent to an activating group) is 1. The molecule has 3 fully saturated rings. The highest BCUT2D eigenvalue weighted by Gasteiger charge is 2.54. The van der Waals surface area contributed by atoms with Crippen LogP contribution in [0, 0.1) is 5.92 Å². The number of amides is 5. The second-order valence-electron chi connectivity index (χ2n) is 8.70. The van der Waals surface area contributed by atoms with E-state index in [-0.39, 0.29) is 36.8 Å². The molecular weight excluding hydrogens is 404 g/mol. The van der Waals surface area contributed by atoms with Crippen molar-refractivity contribution in [2.75, 3.05) is 33.3 Å². The van der Waals surface area contributed by atoms with E-state index in [9.17, 15) is 24.0 Å². The largest absolute Gasteiger partial charge is 0.466 e. The molecule has 172 valence electrons. The fourth-order valence-corrected chi connectivity index (χ4v) is 4.78. The Kier molecular flexibility index (Phi) is 6.86. The number of carbonyl (C=O) groups is 5. The first-order valence-electron chi connectivity index (χ1n) is 11.1. The zero-order chi connectivity index (χ0) is 22.8. The Morgan fingerprint density at radius 2 is 1.90 bits per heavy atom. The third-order valence-electron chi connectivity index (χ3n) is 6.54. The monoisotopic (exact) mass is 436 g/mol. The Balaban J connectivity index is 1.58. The summed E-state index contributed by atoms with van der Waals surface area (Å²) in [5, 5.41) is 2.77. The van der Waals surface area contributed by atoms with Gasteiger partial charge in [0.15, 0.2) is 0 Å². The number of hydrogen-bond donors (Lipinski definition) is 1. The van der Waals surface area contributed by atoms with E-state index in [4.69, 9.17) is 4.74 Å². The van der Waals surface area contributed by atoms with Crippen LogP contribution >= 0.6 is 0 Å². The lowest BCUT2D eigenvalue weighted by Crippen LogP contribution is -2.52. The minimum Gasteiger partial charge on any atom is -0.466 e. The summed E-state index contributed by atoms with van der Waals surface area (Å²) in [4.78, 5) is 66.8. The molecule has 2 atom stereocenters. The molecule has 10 nitrogen and oxygen atoms in total. The van der Waals surface area contributed by atoms with Gasteiger partial charge in [0.1, 0.15) is 11.6 Å². The molecule has 0 aromatic heterocycles. The van der Waals surface area contributed by atoms with E-state index in [0.717, 1.165) is 17.7 Å². The number of ether oxygens (including phenoxy) is 1. The van der Waals surface area contributed by atoms with Crippen LogP contribution in [0.1, 0.15) is 52.4 Å². The molecule has 31 heavy (non-hydrogen) atoms. The summed E-state index contributed by atoms with van der Waals surface area (Å²) < 4.78 is 5.06. The minimum absolute atomic E-state index is 0.187. The number of carbonyl (C=O) groups excluding carboxylic acids is 5. The van der Waals surface area contributed by atoms with Crippen molar-refractivity contribution in [3.8, 4) is 0 Å². The summed E-state index contributed by atoms with van der Waals surface area (Å²) in [5.74, 6) is -1.78. The number of nitrogens with one attached hydrogen (secondary N) is 1. The molecule has 0 aromatic carbocycles. The van der Waals surface area contributed by atoms with Crippen LogP contribution < -0.4 is 5.32 Å². The number of rotatable bonds is 6. The quantitative estimate of drug-likeness (QED) is 0.479. The summed E-state index contributed by atoms with van der Waals surface area (Å²) in [7, 11) is 1.48. The fraction of sp³-hybridized carbons (Fsp3) is 0.762. The van der Waals surface area contributed by atoms with E-state index >= 15 is 0 Å². The maximum Gasteiger partial charge on any atom is 0.325 e. The number of esters is 1. The van der Waals surface area contributed by atoms with Crippen molar-refractivity contribution in [1.82, 2.24) is 20.0 Å². The topological polar surface area (TPSA) is 116 Å². The van der Waals surface area contributed by atoms with Gasteiger partial charge in [-0.15, -0.1) is 0 Å². The Bertz CT molecular complexity index is 763. The molecule has 0 aromatic rings. The van der Waals surface area contributed by atoms with Gasteiger partial charge in [-0.05, 0) is 39.5 Å². The van der Waals surface area contributed by atoms with Crippen molar-refractivity contribution in [3.63, 3.8) is 0 Å². The highest BCUT2D eigenvalue weighted by atomic mass is 16.5. The molecule has 3 aliphatic rings. The molecule has 1 saturated carbocycles. The fourth-order valence-electron chi connectivity index (χ4n) is 4.78. The lowest BCUT2D eigenvalue weighted by Gasteiger charge is -2.33. The molecule has 0 bridgehead atoms. The number of nitrogens with zero attached hydrogens (tertiary/aromatic N) is 3. The van der Waals surface area contributed by atoms with Crippen molar-refractivity contribution >= 4 is 29.7 Å². The average molecular weight is 437 g/mol. The molecule has 1 spiro atoms. The zero-order valence-electron chi connectivity index (χ0n) is 18.5. The maximum absolute atomic E-state index is 12.9. The van der Waals surface area contributed by atoms with E-state index in [0.29, 0.717) is 38.8 Å². The smallest absolute Gasteiger partial charge is 0.325 e. The number of piperidine rings is 1. The summed E-state index contributed by atoms with van der Waals surface area (Å²) in [6.45, 7) is 4.14. The van der Waals surface area contributed by atoms with Crippen LogP contribution in [0.4, 0.5) is 4.79 Å². The van der Waals surface area contributed by atoms with Crippen molar-refractivity contribution in [2.24, 2.45) is 5.92 Å². The van der Waals surface area contributed by atoms with E-state index in [1.54, 1.807) is 11.8 Å². The Labute approximate surface area is 182 Å². The van der Waals surface area contributed by atoms with Gasteiger partial charge in [-0.25, -0.2) is 9.69 Å². The molecule has 2 heterocycles. The molecular formula is C21H32N4O6. The summed E-state index contributed by atoms with van der Waals surface area (Å²) in [6.07, 6.45) is 4.24. The summed E-state index contributed by atoms with van der Waals surface area (Å²) in [6, 6.07) is -1.56. The summed E-state index contributed by atoms with van der Waals surface area (Å²) >= 11 is 0. The highest BCUT2D eigenvalue weighted by Crippen LogP contribution is 2.35. The van der Waals surface area contributed by atoms with Crippen molar-refractivity contribution in [2.45, 2.75) is 64.0 Å². The van der Waals surface area contributed by atoms with Crippen LogP contribution in [0.3, 0.4) is 0 Å². The van der Waals surface area contributed by atoms with Gasteiger partial charge in [-0.1, -0.05) is 12.8 Å². The van der Waals surface area contributed by atoms with Gasteiger partial charge < -0.3 is 19.9 Å². The molecule has 1 aliphatic carbocycles. The normalized spacial score (nSPS) is 23.6. The second kappa shape index (κ2) is 9.23. The first-order chi connectivity index (χ1) is 14.7. The van der Waals surface area contributed by atoms with E-state index in [1.165, 1.54) is 18.9 Å². The molecule has 0 radical (unpaired) electrons. The Morgan fingerprint density at radius 1 is 1.23 bits per heavy atom. The van der Waals surface area contributed by atoms with Crippen LogP contribution in [0.15, 0.2) is 0 Å². The number of urea groups is 1. The number of imide groups is 1. The minimum atomic E-state index is -1.00. The van der Waals surface area contributed by atoms with Crippen molar-refractivity contribution < 1.29 is 28.7 Å². The number of likely N-dealkylation sites (tertiary alicyclic amines) is 1. The third-order valence-corrected chi connectivity index (χ3v) is 6.54. The average Bonchev–Trinajstić information content (AvgIpc) is 3.31. The molecule has 5 amide bonds. The standard InChI is InChI=1S/C21H32N4O6/c1-4-31-18(28)15-8-7-11-24(12-15)16(26)13-23(3)17(27)14(2)25-19(29)21(22-20(25)30)9-5-6-10-21/h14-15H,4-13H2,1-3H3,(H,22,30). The van der Waals surface area contributed by atoms with E-state index in [2.05, 4.69) is 5.32 Å². The van der Waals surface area contributed by atoms with Gasteiger partial charge in [-0.2, -0.15) is 0 Å². The van der Waals surface area contributed by atoms with Crippen LogP contribution in [0.2, 0.25) is 0 Å². The van der Waals surface area contributed by atoms with Crippen LogP contribution in [0.5, 0.6) is 0 Å². The van der Waals surface area contributed by atoms with Crippen LogP contribution in [-0.2, 0) is 23.9 Å². The van der Waals surface area contributed by atoms with Crippen LogP contribution in [-0.4, -0.2) is 89.3 Å². The van der Waals surface area contributed by atoms with E-state index < -0.39 is 23.5 Å². The zero-order valence-corrected chi connectivity index (χ0v) is 18.5. The molecule has 10 heteroatoms. The SMILES string of the molecule is CCOC(=O)C1CCCN(C(=O)CN(C)C(=O)C(C)N2C(=O)NC3(CCCC3)C2=O)C1. The first-order valence-corrected chi connectivity index (χ1v) is 11.1. The van der Waals surface area contributed by atoms with Gasteiger partial charge in [0, 0.05) is 20.1 Å². The summed E-state index contributed by atoms with van der Waals surface area (Å²) in [5.41, 5.74) is -0.879. The van der Waals surface area contributed by atoms with Gasteiger partial charge in [0.2, 0.25) is 11.8 Å². The third kappa shape index (κ3) is 4.52. The molecule has 2 unspecified atom stereocenters. The first kappa shape index (κ1) is 23.0.